The molecule has 24 heavy (non-hydrogen) atoms. The van der Waals surface area contributed by atoms with Crippen molar-refractivity contribution in [1.29, 1.82) is 0 Å². The maximum atomic E-state index is 8.65. The second kappa shape index (κ2) is 6.05. The molecule has 0 amide bonds. The van der Waals surface area contributed by atoms with Gasteiger partial charge < -0.3 is 0 Å². The fourth-order valence-corrected chi connectivity index (χ4v) is 3.40. The van der Waals surface area contributed by atoms with Crippen molar-refractivity contribution < 1.29 is 7.31 Å². The highest BCUT2D eigenvalue weighted by molar-refractivity contribution is 5.94. The summed E-state index contributed by atoms with van der Waals surface area (Å²) in [7, 11) is 2.04. The standard InChI is InChI=1S/C23H28N/c1-14(2)19-8-9-21-20(13-19)12-17(5)24(7)23(21)22-11-15(3)10-16(4)18(22)6/h8-14H,1-7H3/q+1/i12D,14D. The molecule has 0 atom stereocenters. The molecule has 0 unspecified atom stereocenters. The van der Waals surface area contributed by atoms with E-state index in [1.807, 2.05) is 40.0 Å². The van der Waals surface area contributed by atoms with E-state index in [1.54, 1.807) is 0 Å². The van der Waals surface area contributed by atoms with E-state index in [-0.39, 0.29) is 0 Å². The van der Waals surface area contributed by atoms with E-state index in [0.717, 1.165) is 27.7 Å². The Labute approximate surface area is 148 Å². The number of benzene rings is 2. The van der Waals surface area contributed by atoms with Crippen LogP contribution in [0.4, 0.5) is 0 Å². The molecule has 0 N–H and O–H groups in total. The zero-order valence-corrected chi connectivity index (χ0v) is 15.8. The van der Waals surface area contributed by atoms with Crippen molar-refractivity contribution in [3.63, 3.8) is 0 Å². The quantitative estimate of drug-likeness (QED) is 0.534. The predicted molar refractivity (Wildman–Crippen MR) is 104 cm³/mol. The van der Waals surface area contributed by atoms with E-state index >= 15 is 0 Å². The van der Waals surface area contributed by atoms with Gasteiger partial charge in [0.15, 0.2) is 5.69 Å². The second-order valence-corrected chi connectivity index (χ2v) is 7.13. The fourth-order valence-electron chi connectivity index (χ4n) is 3.40. The Hall–Kier alpha value is -2.15. The van der Waals surface area contributed by atoms with Gasteiger partial charge in [-0.1, -0.05) is 37.6 Å². The van der Waals surface area contributed by atoms with Crippen molar-refractivity contribution in [2.75, 3.05) is 0 Å². The summed E-state index contributed by atoms with van der Waals surface area (Å²) in [5.41, 5.74) is 8.04. The number of fused-ring (bicyclic) bond motifs is 1. The van der Waals surface area contributed by atoms with E-state index in [4.69, 9.17) is 2.74 Å². The third kappa shape index (κ3) is 2.73. The molecule has 0 spiro atoms. The van der Waals surface area contributed by atoms with Crippen LogP contribution >= 0.6 is 0 Å². The molecule has 0 radical (unpaired) electrons. The molecule has 1 heterocycles. The summed E-state index contributed by atoms with van der Waals surface area (Å²) < 4.78 is 19.1. The molecular formula is C23H28N+. The van der Waals surface area contributed by atoms with Gasteiger partial charge in [0.1, 0.15) is 7.05 Å². The van der Waals surface area contributed by atoms with Crippen LogP contribution in [0.15, 0.2) is 36.4 Å². The number of hydrogen-bond acceptors (Lipinski definition) is 0. The van der Waals surface area contributed by atoms with Crippen molar-refractivity contribution in [3.05, 3.63) is 64.3 Å². The molecule has 124 valence electrons. The molecule has 0 fully saturated rings. The lowest BCUT2D eigenvalue weighted by atomic mass is 9.92. The Bertz CT molecular complexity index is 1030. The first-order valence-electron chi connectivity index (χ1n) is 9.54. The predicted octanol–water partition coefficient (Wildman–Crippen LogP) is 5.69. The SMILES string of the molecule is [2H]c1c(C)[n+](C)c(-c2cc(C)cc(C)c2C)c2ccc(C([2H])(C)C)cc12. The Morgan fingerprint density at radius 2 is 1.75 bits per heavy atom. The van der Waals surface area contributed by atoms with Crippen molar-refractivity contribution in [2.45, 2.75) is 47.4 Å². The van der Waals surface area contributed by atoms with Crippen LogP contribution in [0.25, 0.3) is 22.0 Å². The minimum absolute atomic E-state index is 0.541. The zero-order valence-electron chi connectivity index (χ0n) is 17.8. The van der Waals surface area contributed by atoms with Crippen LogP contribution in [-0.4, -0.2) is 0 Å². The fraction of sp³-hybridized carbons (Fsp3) is 0.348. The first-order chi connectivity index (χ1) is 12.0. The third-order valence-electron chi connectivity index (χ3n) is 5.07. The monoisotopic (exact) mass is 320 g/mol. The van der Waals surface area contributed by atoms with E-state index in [9.17, 15) is 0 Å². The third-order valence-corrected chi connectivity index (χ3v) is 5.07. The molecule has 0 aliphatic carbocycles. The first-order valence-corrected chi connectivity index (χ1v) is 8.54. The smallest absolute Gasteiger partial charge is 0.198 e. The van der Waals surface area contributed by atoms with Gasteiger partial charge in [-0.15, -0.1) is 0 Å². The molecule has 0 saturated carbocycles. The summed E-state index contributed by atoms with van der Waals surface area (Å²) in [4.78, 5) is 0. The number of hydrogen-bond donors (Lipinski definition) is 0. The number of aryl methyl sites for hydroxylation is 2. The van der Waals surface area contributed by atoms with Crippen LogP contribution in [0.5, 0.6) is 0 Å². The Balaban J connectivity index is 2.47. The molecule has 1 aromatic heterocycles. The summed E-state index contributed by atoms with van der Waals surface area (Å²) in [5, 5.41) is 2.00. The maximum Gasteiger partial charge on any atom is 0.220 e. The van der Waals surface area contributed by atoms with Crippen LogP contribution in [0.2, 0.25) is 0 Å². The molecule has 0 bridgehead atoms. The molecule has 1 nitrogen and oxygen atoms in total. The van der Waals surface area contributed by atoms with E-state index in [0.29, 0.717) is 6.04 Å². The summed E-state index contributed by atoms with van der Waals surface area (Å²) in [6.45, 7) is 12.2. The van der Waals surface area contributed by atoms with Crippen molar-refractivity contribution in [3.8, 4) is 11.3 Å². The lowest BCUT2D eigenvalue weighted by Crippen LogP contribution is -2.35. The van der Waals surface area contributed by atoms with Gasteiger partial charge in [-0.05, 0) is 60.9 Å². The maximum absolute atomic E-state index is 8.65. The highest BCUT2D eigenvalue weighted by atomic mass is 14.9. The average molecular weight is 320 g/mol. The van der Waals surface area contributed by atoms with Crippen molar-refractivity contribution in [1.82, 2.24) is 0 Å². The Morgan fingerprint density at radius 1 is 1.04 bits per heavy atom. The van der Waals surface area contributed by atoms with Crippen LogP contribution in [0.3, 0.4) is 0 Å². The molecule has 0 aliphatic rings. The summed E-state index contributed by atoms with van der Waals surface area (Å²) >= 11 is 0. The summed E-state index contributed by atoms with van der Waals surface area (Å²) in [5.74, 6) is -0.678. The molecular weight excluding hydrogens is 290 g/mol. The normalized spacial score (nSPS) is 13.1. The number of rotatable bonds is 2. The summed E-state index contributed by atoms with van der Waals surface area (Å²) in [6, 6.07) is 11.1. The van der Waals surface area contributed by atoms with Crippen LogP contribution in [0, 0.1) is 27.7 Å². The highest BCUT2D eigenvalue weighted by Crippen LogP contribution is 2.32. The minimum atomic E-state index is -0.678. The van der Waals surface area contributed by atoms with Gasteiger partial charge in [0.05, 0.1) is 12.3 Å². The highest BCUT2D eigenvalue weighted by Gasteiger charge is 2.21. The first kappa shape index (κ1) is 14.2. The largest absolute Gasteiger partial charge is 0.220 e. The van der Waals surface area contributed by atoms with Gasteiger partial charge in [0.25, 0.3) is 0 Å². The molecule has 3 rings (SSSR count). The Morgan fingerprint density at radius 3 is 2.42 bits per heavy atom. The molecule has 2 aromatic carbocycles. The van der Waals surface area contributed by atoms with E-state index in [1.165, 1.54) is 22.3 Å². The van der Waals surface area contributed by atoms with E-state index < -0.39 is 5.89 Å². The van der Waals surface area contributed by atoms with Gasteiger partial charge >= 0.3 is 0 Å². The number of pyridine rings is 1. The van der Waals surface area contributed by atoms with Gasteiger partial charge in [-0.25, -0.2) is 0 Å². The summed E-state index contributed by atoms with van der Waals surface area (Å²) in [6.07, 6.45) is 0. The zero-order chi connectivity index (χ0) is 19.4. The van der Waals surface area contributed by atoms with Crippen LogP contribution in [0.1, 0.15) is 50.4 Å². The average Bonchev–Trinajstić information content (AvgIpc) is 2.56. The van der Waals surface area contributed by atoms with Gasteiger partial charge in [0, 0.05) is 14.3 Å². The van der Waals surface area contributed by atoms with Gasteiger partial charge in [-0.2, -0.15) is 4.57 Å². The molecule has 1 heteroatoms. The van der Waals surface area contributed by atoms with Crippen LogP contribution in [-0.2, 0) is 7.05 Å². The van der Waals surface area contributed by atoms with Crippen LogP contribution < -0.4 is 4.57 Å². The van der Waals surface area contributed by atoms with Crippen molar-refractivity contribution >= 4 is 10.8 Å². The van der Waals surface area contributed by atoms with Crippen molar-refractivity contribution in [2.24, 2.45) is 7.05 Å². The number of nitrogens with zero attached hydrogens (tertiary/aromatic N) is 1. The molecule has 0 saturated heterocycles. The Kier molecular flexibility index (Phi) is 3.58. The van der Waals surface area contributed by atoms with Gasteiger partial charge in [0.2, 0.25) is 5.69 Å². The van der Waals surface area contributed by atoms with E-state index in [2.05, 4.69) is 43.5 Å². The van der Waals surface area contributed by atoms with Gasteiger partial charge in [-0.3, -0.25) is 0 Å². The topological polar surface area (TPSA) is 3.88 Å². The molecule has 3 aromatic rings. The minimum Gasteiger partial charge on any atom is -0.198 e. The lowest BCUT2D eigenvalue weighted by molar-refractivity contribution is -0.665. The lowest BCUT2D eigenvalue weighted by Gasteiger charge is -2.14. The second-order valence-electron chi connectivity index (χ2n) is 7.13. The molecule has 0 aliphatic heterocycles. The number of aromatic nitrogens is 1.